The third kappa shape index (κ3) is 3.76. The van der Waals surface area contributed by atoms with E-state index in [1.807, 2.05) is 19.9 Å². The quantitative estimate of drug-likeness (QED) is 0.565. The van der Waals surface area contributed by atoms with Gasteiger partial charge in [0.05, 0.1) is 16.8 Å². The summed E-state index contributed by atoms with van der Waals surface area (Å²) in [6.45, 7) is 4.38. The molecule has 3 aromatic rings. The van der Waals surface area contributed by atoms with Crippen LogP contribution in [0, 0.1) is 6.92 Å². The SMILES string of the molecule is CCCn1c2c(c(=O)n(C3CC3)c1=O)CC(c1ccc(N(C)C(=O)c3ccc(C)nc3)nc1)=N2. The maximum absolute atomic E-state index is 13.1. The smallest absolute Gasteiger partial charge is 0.296 e. The van der Waals surface area contributed by atoms with Crippen LogP contribution in [0.4, 0.5) is 11.6 Å². The van der Waals surface area contributed by atoms with E-state index in [4.69, 9.17) is 0 Å². The number of aromatic nitrogens is 4. The van der Waals surface area contributed by atoms with Crippen LogP contribution < -0.4 is 16.1 Å². The summed E-state index contributed by atoms with van der Waals surface area (Å²) < 4.78 is 3.04. The number of nitrogens with zero attached hydrogens (tertiary/aromatic N) is 6. The van der Waals surface area contributed by atoms with Gasteiger partial charge in [0.25, 0.3) is 11.5 Å². The number of hydrogen-bond donors (Lipinski definition) is 0. The van der Waals surface area contributed by atoms with Crippen LogP contribution in [0.15, 0.2) is 51.2 Å². The van der Waals surface area contributed by atoms with Gasteiger partial charge in [0.15, 0.2) is 0 Å². The van der Waals surface area contributed by atoms with Crippen LogP contribution >= 0.6 is 0 Å². The molecule has 174 valence electrons. The zero-order chi connectivity index (χ0) is 24.0. The molecule has 3 aromatic heterocycles. The summed E-state index contributed by atoms with van der Waals surface area (Å²) in [6.07, 6.45) is 6.06. The van der Waals surface area contributed by atoms with Gasteiger partial charge in [-0.15, -0.1) is 0 Å². The minimum absolute atomic E-state index is 0.00945. The van der Waals surface area contributed by atoms with E-state index >= 15 is 0 Å². The van der Waals surface area contributed by atoms with Crippen molar-refractivity contribution in [2.24, 2.45) is 4.99 Å². The van der Waals surface area contributed by atoms with E-state index in [9.17, 15) is 14.4 Å². The van der Waals surface area contributed by atoms with Crippen LogP contribution in [0.25, 0.3) is 0 Å². The number of hydrogen-bond acceptors (Lipinski definition) is 6. The molecule has 0 atom stereocenters. The zero-order valence-corrected chi connectivity index (χ0v) is 19.5. The predicted octanol–water partition coefficient (Wildman–Crippen LogP) is 2.81. The van der Waals surface area contributed by atoms with Crippen molar-refractivity contribution in [3.05, 3.63) is 79.9 Å². The molecule has 1 saturated carbocycles. The molecule has 0 bridgehead atoms. The van der Waals surface area contributed by atoms with Crippen molar-refractivity contribution >= 4 is 23.3 Å². The van der Waals surface area contributed by atoms with Crippen molar-refractivity contribution in [1.82, 2.24) is 19.1 Å². The van der Waals surface area contributed by atoms with Gasteiger partial charge in [-0.05, 0) is 50.5 Å². The fourth-order valence-electron chi connectivity index (χ4n) is 4.22. The number of carbonyl (C=O) groups is 1. The van der Waals surface area contributed by atoms with Crippen LogP contribution in [-0.4, -0.2) is 37.8 Å². The van der Waals surface area contributed by atoms with E-state index in [-0.39, 0.29) is 23.2 Å². The van der Waals surface area contributed by atoms with Crippen molar-refractivity contribution < 1.29 is 4.79 Å². The lowest BCUT2D eigenvalue weighted by atomic mass is 10.1. The van der Waals surface area contributed by atoms with Gasteiger partial charge in [-0.2, -0.15) is 0 Å². The molecule has 1 aliphatic heterocycles. The number of aliphatic imine (C=N–C) groups is 1. The Morgan fingerprint density at radius 1 is 1.12 bits per heavy atom. The maximum atomic E-state index is 13.1. The van der Waals surface area contributed by atoms with E-state index in [0.717, 1.165) is 30.5 Å². The summed E-state index contributed by atoms with van der Waals surface area (Å²) in [4.78, 5) is 53.6. The normalized spacial score (nSPS) is 14.6. The van der Waals surface area contributed by atoms with Gasteiger partial charge in [0.1, 0.15) is 11.6 Å². The molecule has 0 unspecified atom stereocenters. The number of aryl methyl sites for hydroxylation is 1. The summed E-state index contributed by atoms with van der Waals surface area (Å²) in [5, 5.41) is 0. The third-order valence-electron chi connectivity index (χ3n) is 6.27. The predicted molar refractivity (Wildman–Crippen MR) is 129 cm³/mol. The van der Waals surface area contributed by atoms with Crippen LogP contribution in [0.5, 0.6) is 0 Å². The van der Waals surface area contributed by atoms with E-state index < -0.39 is 0 Å². The van der Waals surface area contributed by atoms with E-state index in [1.54, 1.807) is 42.2 Å². The van der Waals surface area contributed by atoms with Crippen molar-refractivity contribution in [2.45, 2.75) is 52.1 Å². The lowest BCUT2D eigenvalue weighted by molar-refractivity contribution is 0.0992. The molecule has 1 amide bonds. The summed E-state index contributed by atoms with van der Waals surface area (Å²) in [7, 11) is 1.66. The summed E-state index contributed by atoms with van der Waals surface area (Å²) in [5.74, 6) is 0.749. The topological polar surface area (TPSA) is 102 Å². The molecular formula is C25H26N6O3. The van der Waals surface area contributed by atoms with E-state index in [2.05, 4.69) is 15.0 Å². The average molecular weight is 459 g/mol. The molecule has 9 nitrogen and oxygen atoms in total. The summed E-state index contributed by atoms with van der Waals surface area (Å²) in [5.41, 5.74) is 2.85. The Hall–Kier alpha value is -3.88. The monoisotopic (exact) mass is 458 g/mol. The standard InChI is InChI=1S/C25H26N6O3/c1-4-11-30-22-19(24(33)31(25(30)34)18-8-9-18)12-20(28-22)16-7-10-21(27-13-16)29(3)23(32)17-6-5-15(2)26-14-17/h5-7,10,13-14,18H,4,8-9,11-12H2,1-3H3. The molecule has 0 N–H and O–H groups in total. The number of amides is 1. The lowest BCUT2D eigenvalue weighted by Crippen LogP contribution is -2.40. The highest BCUT2D eigenvalue weighted by atomic mass is 16.2. The molecule has 1 aliphatic carbocycles. The minimum atomic E-state index is -0.266. The first kappa shape index (κ1) is 21.9. The van der Waals surface area contributed by atoms with Gasteiger partial charge < -0.3 is 0 Å². The molecular weight excluding hydrogens is 432 g/mol. The minimum Gasteiger partial charge on any atom is -0.296 e. The van der Waals surface area contributed by atoms with E-state index in [0.29, 0.717) is 41.4 Å². The highest BCUT2D eigenvalue weighted by Gasteiger charge is 2.32. The molecule has 5 rings (SSSR count). The van der Waals surface area contributed by atoms with Crippen molar-refractivity contribution in [3.63, 3.8) is 0 Å². The molecule has 34 heavy (non-hydrogen) atoms. The van der Waals surface area contributed by atoms with Gasteiger partial charge in [-0.25, -0.2) is 14.8 Å². The van der Waals surface area contributed by atoms with Crippen LogP contribution in [0.2, 0.25) is 0 Å². The Morgan fingerprint density at radius 2 is 1.91 bits per heavy atom. The largest absolute Gasteiger partial charge is 0.332 e. The highest BCUT2D eigenvalue weighted by molar-refractivity contribution is 6.07. The second-order valence-corrected chi connectivity index (χ2v) is 8.84. The molecule has 0 saturated heterocycles. The van der Waals surface area contributed by atoms with Gasteiger partial charge in [0, 0.05) is 49.7 Å². The first-order chi connectivity index (χ1) is 16.4. The number of anilines is 1. The van der Waals surface area contributed by atoms with Crippen LogP contribution in [0.3, 0.4) is 0 Å². The molecule has 0 spiro atoms. The summed E-state index contributed by atoms with van der Waals surface area (Å²) in [6, 6.07) is 7.14. The molecule has 0 aromatic carbocycles. The molecule has 9 heteroatoms. The number of carbonyl (C=O) groups excluding carboxylic acids is 1. The van der Waals surface area contributed by atoms with Crippen molar-refractivity contribution in [1.29, 1.82) is 0 Å². The molecule has 2 aliphatic rings. The number of rotatable bonds is 6. The Kier molecular flexibility index (Phi) is 5.47. The zero-order valence-electron chi connectivity index (χ0n) is 19.5. The fraction of sp³-hybridized carbons (Fsp3) is 0.360. The molecule has 4 heterocycles. The van der Waals surface area contributed by atoms with Crippen LogP contribution in [0.1, 0.15) is 59.4 Å². The van der Waals surface area contributed by atoms with Gasteiger partial charge >= 0.3 is 5.69 Å². The van der Waals surface area contributed by atoms with Crippen molar-refractivity contribution in [2.75, 3.05) is 11.9 Å². The highest BCUT2D eigenvalue weighted by Crippen LogP contribution is 2.34. The van der Waals surface area contributed by atoms with Gasteiger partial charge in [0.2, 0.25) is 0 Å². The number of fused-ring (bicyclic) bond motifs is 1. The van der Waals surface area contributed by atoms with Gasteiger partial charge in [-0.1, -0.05) is 6.92 Å². The maximum Gasteiger partial charge on any atom is 0.332 e. The Labute approximate surface area is 196 Å². The van der Waals surface area contributed by atoms with Gasteiger partial charge in [-0.3, -0.25) is 28.6 Å². The summed E-state index contributed by atoms with van der Waals surface area (Å²) >= 11 is 0. The first-order valence-electron chi connectivity index (χ1n) is 11.5. The molecule has 1 fully saturated rings. The molecule has 0 radical (unpaired) electrons. The lowest BCUT2D eigenvalue weighted by Gasteiger charge is -2.16. The Bertz CT molecular complexity index is 1410. The average Bonchev–Trinajstić information content (AvgIpc) is 3.58. The second kappa shape index (κ2) is 8.48. The third-order valence-corrected chi connectivity index (χ3v) is 6.27. The van der Waals surface area contributed by atoms with Crippen LogP contribution in [-0.2, 0) is 13.0 Å². The Morgan fingerprint density at radius 3 is 2.53 bits per heavy atom. The number of pyridine rings is 2. The Balaban J connectivity index is 1.43. The van der Waals surface area contributed by atoms with E-state index in [1.165, 1.54) is 9.47 Å². The fourth-order valence-corrected chi connectivity index (χ4v) is 4.22. The van der Waals surface area contributed by atoms with Crippen molar-refractivity contribution in [3.8, 4) is 0 Å². The second-order valence-electron chi connectivity index (χ2n) is 8.84. The first-order valence-corrected chi connectivity index (χ1v) is 11.5.